The molecule has 2 aromatic rings. The van der Waals surface area contributed by atoms with E-state index in [1.165, 1.54) is 20.1 Å². The number of benzene rings is 2. The molecule has 2 N–H and O–H groups in total. The molecule has 1 aliphatic heterocycles. The summed E-state index contributed by atoms with van der Waals surface area (Å²) in [5.74, 6) is 0.976. The Hall–Kier alpha value is -3.19. The molecule has 0 radical (unpaired) electrons. The number of anilines is 2. The molecule has 0 saturated heterocycles. The molecule has 1 aliphatic rings. The highest BCUT2D eigenvalue weighted by Gasteiger charge is 2.16. The lowest BCUT2D eigenvalue weighted by atomic mass is 10.1. The van der Waals surface area contributed by atoms with Gasteiger partial charge in [0.05, 0.1) is 17.8 Å². The van der Waals surface area contributed by atoms with Gasteiger partial charge in [-0.25, -0.2) is 0 Å². The molecule has 0 saturated carbocycles. The minimum atomic E-state index is -0.343. The van der Waals surface area contributed by atoms with E-state index in [1.54, 1.807) is 36.4 Å². The van der Waals surface area contributed by atoms with Gasteiger partial charge in [0.15, 0.2) is 11.5 Å². The second kappa shape index (κ2) is 8.67. The van der Waals surface area contributed by atoms with Crippen LogP contribution in [-0.2, 0) is 9.59 Å². The Morgan fingerprint density at radius 1 is 1.14 bits per heavy atom. The van der Waals surface area contributed by atoms with Crippen LogP contribution >= 0.6 is 11.6 Å². The number of halogens is 1. The number of fused-ring (bicyclic) bond motifs is 1. The maximum absolute atomic E-state index is 12.2. The molecule has 0 fully saturated rings. The minimum Gasteiger partial charge on any atom is -0.495 e. The van der Waals surface area contributed by atoms with Crippen LogP contribution in [0.2, 0.25) is 5.02 Å². The quantitative estimate of drug-likeness (QED) is 0.744. The molecule has 0 bridgehead atoms. The van der Waals surface area contributed by atoms with Crippen molar-refractivity contribution >= 4 is 40.9 Å². The van der Waals surface area contributed by atoms with E-state index >= 15 is 0 Å². The standard InChI is InChI=1S/C20H19ClN2O5/c1-12(24)22-16-11-14(4-5-17(16)26-2)23-19(25)6-3-13-9-15(21)20-18(10-13)27-7-8-28-20/h3-6,9-11H,7-8H2,1-2H3,(H,22,24)(H,23,25)/b6-3+. The van der Waals surface area contributed by atoms with Crippen LogP contribution in [0, 0.1) is 0 Å². The fraction of sp³-hybridized carbons (Fsp3) is 0.200. The highest BCUT2D eigenvalue weighted by molar-refractivity contribution is 6.32. The molecule has 146 valence electrons. The molecule has 0 aromatic heterocycles. The summed E-state index contributed by atoms with van der Waals surface area (Å²) >= 11 is 6.19. The number of carbonyl (C=O) groups excluding carboxylic acids is 2. The topological polar surface area (TPSA) is 85.9 Å². The number of hydrogen-bond acceptors (Lipinski definition) is 5. The minimum absolute atomic E-state index is 0.239. The number of ether oxygens (including phenoxy) is 3. The number of amides is 2. The van der Waals surface area contributed by atoms with Crippen molar-refractivity contribution < 1.29 is 23.8 Å². The molecule has 7 nitrogen and oxygen atoms in total. The van der Waals surface area contributed by atoms with Crippen LogP contribution in [0.1, 0.15) is 12.5 Å². The monoisotopic (exact) mass is 402 g/mol. The Morgan fingerprint density at radius 3 is 2.68 bits per heavy atom. The predicted octanol–water partition coefficient (Wildman–Crippen LogP) is 3.73. The molecule has 0 aliphatic carbocycles. The molecule has 3 rings (SSSR count). The number of nitrogens with one attached hydrogen (secondary N) is 2. The van der Waals surface area contributed by atoms with Crippen LogP contribution in [-0.4, -0.2) is 32.1 Å². The summed E-state index contributed by atoms with van der Waals surface area (Å²) in [5.41, 5.74) is 1.69. The van der Waals surface area contributed by atoms with Gasteiger partial charge in [-0.05, 0) is 42.0 Å². The van der Waals surface area contributed by atoms with Crippen molar-refractivity contribution in [1.82, 2.24) is 0 Å². The van der Waals surface area contributed by atoms with Crippen LogP contribution in [0.3, 0.4) is 0 Å². The van der Waals surface area contributed by atoms with Gasteiger partial charge < -0.3 is 24.8 Å². The molecule has 0 atom stereocenters. The van der Waals surface area contributed by atoms with Crippen molar-refractivity contribution in [2.45, 2.75) is 6.92 Å². The third-order valence-electron chi connectivity index (χ3n) is 3.82. The zero-order valence-electron chi connectivity index (χ0n) is 15.4. The summed E-state index contributed by atoms with van der Waals surface area (Å²) in [6.07, 6.45) is 3.00. The second-order valence-corrected chi connectivity index (χ2v) is 6.35. The van der Waals surface area contributed by atoms with Crippen molar-refractivity contribution in [3.8, 4) is 17.2 Å². The SMILES string of the molecule is COc1ccc(NC(=O)/C=C/c2cc(Cl)c3c(c2)OCCO3)cc1NC(C)=O. The first-order valence-electron chi connectivity index (χ1n) is 8.50. The Morgan fingerprint density at radius 2 is 1.93 bits per heavy atom. The molecule has 0 unspecified atom stereocenters. The fourth-order valence-corrected chi connectivity index (χ4v) is 2.93. The van der Waals surface area contributed by atoms with Gasteiger partial charge in [0.25, 0.3) is 0 Å². The summed E-state index contributed by atoms with van der Waals surface area (Å²) in [4.78, 5) is 23.6. The van der Waals surface area contributed by atoms with Gasteiger partial charge in [-0.3, -0.25) is 9.59 Å². The third kappa shape index (κ3) is 4.75. The highest BCUT2D eigenvalue weighted by atomic mass is 35.5. The Bertz CT molecular complexity index is 942. The lowest BCUT2D eigenvalue weighted by molar-refractivity contribution is -0.114. The maximum Gasteiger partial charge on any atom is 0.248 e. The van der Waals surface area contributed by atoms with Crippen molar-refractivity contribution in [3.63, 3.8) is 0 Å². The van der Waals surface area contributed by atoms with E-state index in [1.807, 2.05) is 0 Å². The lowest BCUT2D eigenvalue weighted by Gasteiger charge is -2.19. The number of hydrogen-bond donors (Lipinski definition) is 2. The van der Waals surface area contributed by atoms with E-state index in [-0.39, 0.29) is 11.8 Å². The van der Waals surface area contributed by atoms with Crippen LogP contribution in [0.25, 0.3) is 6.08 Å². The first-order valence-corrected chi connectivity index (χ1v) is 8.88. The number of methoxy groups -OCH3 is 1. The van der Waals surface area contributed by atoms with E-state index in [2.05, 4.69) is 10.6 Å². The molecule has 2 aromatic carbocycles. The van der Waals surface area contributed by atoms with E-state index in [9.17, 15) is 9.59 Å². The van der Waals surface area contributed by atoms with Gasteiger partial charge in [-0.2, -0.15) is 0 Å². The largest absolute Gasteiger partial charge is 0.495 e. The molecular formula is C20H19ClN2O5. The second-order valence-electron chi connectivity index (χ2n) is 5.95. The highest BCUT2D eigenvalue weighted by Crippen LogP contribution is 2.38. The van der Waals surface area contributed by atoms with Crippen LogP contribution < -0.4 is 24.8 Å². The molecule has 28 heavy (non-hydrogen) atoms. The van der Waals surface area contributed by atoms with Gasteiger partial charge in [-0.1, -0.05) is 11.6 Å². The molecule has 1 heterocycles. The zero-order valence-corrected chi connectivity index (χ0v) is 16.1. The number of carbonyl (C=O) groups is 2. The normalized spacial score (nSPS) is 12.5. The van der Waals surface area contributed by atoms with E-state index < -0.39 is 0 Å². The average molecular weight is 403 g/mol. The Labute approximate surface area is 167 Å². The molecule has 8 heteroatoms. The van der Waals surface area contributed by atoms with Gasteiger partial charge in [-0.15, -0.1) is 0 Å². The summed E-state index contributed by atoms with van der Waals surface area (Å²) in [7, 11) is 1.50. The maximum atomic E-state index is 12.2. The molecule has 0 spiro atoms. The van der Waals surface area contributed by atoms with Gasteiger partial charge in [0.2, 0.25) is 11.8 Å². The van der Waals surface area contributed by atoms with E-state index in [0.29, 0.717) is 52.4 Å². The fourth-order valence-electron chi connectivity index (χ4n) is 2.66. The van der Waals surface area contributed by atoms with Crippen molar-refractivity contribution in [2.75, 3.05) is 31.0 Å². The predicted molar refractivity (Wildman–Crippen MR) is 107 cm³/mol. The van der Waals surface area contributed by atoms with Gasteiger partial charge >= 0.3 is 0 Å². The summed E-state index contributed by atoms with van der Waals surface area (Å²) in [6.45, 7) is 2.30. The van der Waals surface area contributed by atoms with Crippen LogP contribution in [0.4, 0.5) is 11.4 Å². The van der Waals surface area contributed by atoms with Crippen molar-refractivity contribution in [3.05, 3.63) is 47.0 Å². The first-order chi connectivity index (χ1) is 13.5. The van der Waals surface area contributed by atoms with Crippen molar-refractivity contribution in [1.29, 1.82) is 0 Å². The van der Waals surface area contributed by atoms with Crippen LogP contribution in [0.15, 0.2) is 36.4 Å². The smallest absolute Gasteiger partial charge is 0.248 e. The Balaban J connectivity index is 1.72. The van der Waals surface area contributed by atoms with E-state index in [4.69, 9.17) is 25.8 Å². The van der Waals surface area contributed by atoms with Crippen molar-refractivity contribution in [2.24, 2.45) is 0 Å². The zero-order chi connectivity index (χ0) is 20.1. The van der Waals surface area contributed by atoms with Crippen LogP contribution in [0.5, 0.6) is 17.2 Å². The molecule has 2 amide bonds. The van der Waals surface area contributed by atoms with Gasteiger partial charge in [0, 0.05) is 18.7 Å². The summed E-state index contributed by atoms with van der Waals surface area (Å²) in [5, 5.41) is 5.81. The van der Waals surface area contributed by atoms with E-state index in [0.717, 1.165) is 0 Å². The third-order valence-corrected chi connectivity index (χ3v) is 4.10. The lowest BCUT2D eigenvalue weighted by Crippen LogP contribution is -2.15. The number of rotatable bonds is 5. The summed E-state index contributed by atoms with van der Waals surface area (Å²) < 4.78 is 16.2. The summed E-state index contributed by atoms with van der Waals surface area (Å²) in [6, 6.07) is 8.41. The molecular weight excluding hydrogens is 384 g/mol. The average Bonchev–Trinajstić information content (AvgIpc) is 2.66. The van der Waals surface area contributed by atoms with Gasteiger partial charge in [0.1, 0.15) is 19.0 Å². The Kier molecular flexibility index (Phi) is 6.06. The first kappa shape index (κ1) is 19.6.